The van der Waals surface area contributed by atoms with Crippen molar-refractivity contribution in [3.63, 3.8) is 0 Å². The van der Waals surface area contributed by atoms with E-state index in [0.29, 0.717) is 43.4 Å². The van der Waals surface area contributed by atoms with Gasteiger partial charge in [-0.2, -0.15) is 4.31 Å². The summed E-state index contributed by atoms with van der Waals surface area (Å²) in [5.41, 5.74) is 3.46. The van der Waals surface area contributed by atoms with Crippen LogP contribution in [-0.2, 0) is 14.8 Å². The van der Waals surface area contributed by atoms with Crippen LogP contribution in [0, 0.1) is 0 Å². The van der Waals surface area contributed by atoms with E-state index >= 15 is 0 Å². The first-order valence-electron chi connectivity index (χ1n) is 14.0. The van der Waals surface area contributed by atoms with E-state index < -0.39 is 16.1 Å². The summed E-state index contributed by atoms with van der Waals surface area (Å²) in [5.74, 6) is 0.621. The summed E-state index contributed by atoms with van der Waals surface area (Å²) in [5, 5.41) is 11.0. The van der Waals surface area contributed by atoms with Crippen LogP contribution in [0.4, 0.5) is 5.69 Å². The highest BCUT2D eigenvalue weighted by molar-refractivity contribution is 7.89. The van der Waals surface area contributed by atoms with Gasteiger partial charge in [-0.25, -0.2) is 8.42 Å². The molecule has 2 fully saturated rings. The summed E-state index contributed by atoms with van der Waals surface area (Å²) in [6.07, 6.45) is 1.36. The maximum atomic E-state index is 13.4. The molecule has 11 heteroatoms. The number of aliphatic hydroxyl groups is 1. The second-order valence-electron chi connectivity index (χ2n) is 11.2. The normalized spacial score (nSPS) is 22.5. The van der Waals surface area contributed by atoms with Crippen molar-refractivity contribution in [2.75, 3.05) is 70.5 Å². The fraction of sp³-hybridized carbons (Fsp3) is 0.483. The van der Waals surface area contributed by atoms with E-state index in [1.807, 2.05) is 18.2 Å². The number of ether oxygens (including phenoxy) is 2. The molecule has 0 unspecified atom stereocenters. The third-order valence-corrected chi connectivity index (χ3v) is 10.4. The Morgan fingerprint density at radius 1 is 0.875 bits per heavy atom. The molecule has 1 N–H and O–H groups in total. The molecule has 0 bridgehead atoms. The average Bonchev–Trinajstić information content (AvgIpc) is 3.64. The molecule has 1 amide bonds. The van der Waals surface area contributed by atoms with Crippen molar-refractivity contribution in [3.8, 4) is 11.5 Å². The maximum Gasteiger partial charge on any atom is 0.256 e. The molecule has 1 atom stereocenters. The highest BCUT2D eigenvalue weighted by Gasteiger charge is 2.39. The van der Waals surface area contributed by atoms with E-state index in [1.165, 1.54) is 23.2 Å². The molecular formula is C29H34N4O6S. The smallest absolute Gasteiger partial charge is 0.256 e. The Labute approximate surface area is 234 Å². The van der Waals surface area contributed by atoms with Gasteiger partial charge in [0.05, 0.1) is 4.90 Å². The van der Waals surface area contributed by atoms with Crippen molar-refractivity contribution in [2.45, 2.75) is 29.9 Å². The average molecular weight is 567 g/mol. The molecule has 2 aromatic rings. The van der Waals surface area contributed by atoms with Gasteiger partial charge in [-0.1, -0.05) is 12.1 Å². The Bertz CT molecular complexity index is 1450. The number of carbonyl (C=O) groups excluding carboxylic acids is 1. The Kier molecular flexibility index (Phi) is 6.49. The first kappa shape index (κ1) is 25.8. The van der Waals surface area contributed by atoms with E-state index in [-0.39, 0.29) is 23.9 Å². The predicted octanol–water partition coefficient (Wildman–Crippen LogP) is 1.62. The van der Waals surface area contributed by atoms with Crippen LogP contribution in [0.5, 0.6) is 11.5 Å². The number of hydrogen-bond acceptors (Lipinski definition) is 8. The molecule has 212 valence electrons. The number of fused-ring (bicyclic) bond motifs is 1. The molecule has 1 saturated heterocycles. The second-order valence-corrected chi connectivity index (χ2v) is 13.2. The molecule has 10 nitrogen and oxygen atoms in total. The minimum absolute atomic E-state index is 0.162. The number of rotatable bonds is 6. The van der Waals surface area contributed by atoms with E-state index in [0.717, 1.165) is 49.1 Å². The Hall–Kier alpha value is -3.12. The summed E-state index contributed by atoms with van der Waals surface area (Å²) in [4.78, 5) is 20.0. The number of amides is 1. The molecule has 4 aliphatic heterocycles. The lowest BCUT2D eigenvalue weighted by Gasteiger charge is -2.36. The molecule has 40 heavy (non-hydrogen) atoms. The van der Waals surface area contributed by atoms with Gasteiger partial charge in [-0.05, 0) is 53.8 Å². The molecule has 0 spiro atoms. The van der Waals surface area contributed by atoms with Gasteiger partial charge in [0.25, 0.3) is 5.91 Å². The van der Waals surface area contributed by atoms with Crippen LogP contribution in [0.15, 0.2) is 58.5 Å². The minimum atomic E-state index is -3.74. The number of benzene rings is 2. The Morgan fingerprint density at radius 3 is 2.27 bits per heavy atom. The van der Waals surface area contributed by atoms with Crippen molar-refractivity contribution in [1.82, 2.24) is 14.1 Å². The zero-order valence-electron chi connectivity index (χ0n) is 22.4. The van der Waals surface area contributed by atoms with Gasteiger partial charge in [0.1, 0.15) is 13.2 Å². The summed E-state index contributed by atoms with van der Waals surface area (Å²) in [6, 6.07) is 13.1. The van der Waals surface area contributed by atoms with Crippen LogP contribution in [-0.4, -0.2) is 105 Å². The Morgan fingerprint density at radius 2 is 1.57 bits per heavy atom. The molecule has 0 radical (unpaired) electrons. The van der Waals surface area contributed by atoms with Crippen LogP contribution in [0.2, 0.25) is 0 Å². The summed E-state index contributed by atoms with van der Waals surface area (Å²) >= 11 is 0. The van der Waals surface area contributed by atoms with Crippen molar-refractivity contribution >= 4 is 21.6 Å². The van der Waals surface area contributed by atoms with Gasteiger partial charge >= 0.3 is 0 Å². The van der Waals surface area contributed by atoms with Crippen molar-refractivity contribution in [1.29, 1.82) is 0 Å². The first-order valence-corrected chi connectivity index (χ1v) is 15.5. The summed E-state index contributed by atoms with van der Waals surface area (Å²) in [7, 11) is -3.74. The molecular weight excluding hydrogens is 532 g/mol. The third kappa shape index (κ3) is 4.74. The zero-order valence-corrected chi connectivity index (χ0v) is 23.2. The highest BCUT2D eigenvalue weighted by Crippen LogP contribution is 2.36. The number of anilines is 1. The van der Waals surface area contributed by atoms with E-state index in [9.17, 15) is 18.3 Å². The Balaban J connectivity index is 0.973. The number of hydrogen-bond donors (Lipinski definition) is 1. The number of piperazine rings is 1. The molecule has 1 saturated carbocycles. The number of carbonyl (C=O) groups is 1. The fourth-order valence-corrected chi connectivity index (χ4v) is 7.64. The van der Waals surface area contributed by atoms with Gasteiger partial charge in [-0.15, -0.1) is 0 Å². The zero-order chi connectivity index (χ0) is 27.4. The van der Waals surface area contributed by atoms with Crippen LogP contribution >= 0.6 is 0 Å². The van der Waals surface area contributed by atoms with Gasteiger partial charge in [0, 0.05) is 70.2 Å². The lowest BCUT2D eigenvalue weighted by atomic mass is 10.1. The van der Waals surface area contributed by atoms with E-state index in [1.54, 1.807) is 23.1 Å². The number of sulfonamides is 1. The van der Waals surface area contributed by atoms with Gasteiger partial charge in [0.15, 0.2) is 17.6 Å². The van der Waals surface area contributed by atoms with Crippen LogP contribution in [0.3, 0.4) is 0 Å². The van der Waals surface area contributed by atoms with Gasteiger partial charge in [-0.3, -0.25) is 9.69 Å². The van der Waals surface area contributed by atoms with Crippen molar-refractivity contribution in [3.05, 3.63) is 59.2 Å². The van der Waals surface area contributed by atoms with Crippen molar-refractivity contribution in [2.24, 2.45) is 0 Å². The lowest BCUT2D eigenvalue weighted by Crippen LogP contribution is -2.47. The maximum absolute atomic E-state index is 13.4. The molecule has 7 rings (SSSR count). The highest BCUT2D eigenvalue weighted by atomic mass is 32.2. The number of aliphatic hydroxyl groups excluding tert-OH is 1. The van der Waals surface area contributed by atoms with Gasteiger partial charge in [0.2, 0.25) is 10.0 Å². The SMILES string of the molecule is O=C([C@@H](O)c1cccc(N2CCN(C3CC3)CC2)c1)N1CC2=C(C1)CN(S(=O)(=O)c1ccc3c(c1)OCCO3)C2. The van der Waals surface area contributed by atoms with Crippen LogP contribution < -0.4 is 14.4 Å². The largest absolute Gasteiger partial charge is 0.486 e. The van der Waals surface area contributed by atoms with Crippen LogP contribution in [0.1, 0.15) is 24.5 Å². The topological polar surface area (TPSA) is 103 Å². The van der Waals surface area contributed by atoms with Crippen molar-refractivity contribution < 1.29 is 27.8 Å². The first-order chi connectivity index (χ1) is 19.4. The monoisotopic (exact) mass is 566 g/mol. The lowest BCUT2D eigenvalue weighted by molar-refractivity contribution is -0.139. The van der Waals surface area contributed by atoms with Crippen LogP contribution in [0.25, 0.3) is 0 Å². The third-order valence-electron chi connectivity index (χ3n) is 8.62. The molecule has 4 heterocycles. The fourth-order valence-electron chi connectivity index (χ4n) is 6.20. The number of nitrogens with zero attached hydrogens (tertiary/aromatic N) is 4. The quantitative estimate of drug-likeness (QED) is 0.527. The molecule has 5 aliphatic rings. The second kappa shape index (κ2) is 10.1. The van der Waals surface area contributed by atoms with E-state index in [2.05, 4.69) is 9.80 Å². The molecule has 1 aliphatic carbocycles. The molecule has 0 aromatic heterocycles. The summed E-state index contributed by atoms with van der Waals surface area (Å²) < 4.78 is 39.2. The minimum Gasteiger partial charge on any atom is -0.486 e. The summed E-state index contributed by atoms with van der Waals surface area (Å²) in [6.45, 7) is 5.90. The van der Waals surface area contributed by atoms with E-state index in [4.69, 9.17) is 9.47 Å². The van der Waals surface area contributed by atoms with Gasteiger partial charge < -0.3 is 24.4 Å². The predicted molar refractivity (Wildman–Crippen MR) is 148 cm³/mol. The molecule has 2 aromatic carbocycles. The standard InChI is InChI=1S/C29H34N4O6S/c34-28(20-2-1-3-24(14-20)31-10-8-30(9-11-31)23-4-5-23)29(35)32-16-21-18-33(19-22(21)17-32)40(36,37)25-6-7-26-27(15-25)39-13-12-38-26/h1-3,6-7,14-15,23,28,34H,4-5,8-13,16-19H2/t28-/m0/s1.